The highest BCUT2D eigenvalue weighted by Gasteiger charge is 2.11. The van der Waals surface area contributed by atoms with Crippen molar-refractivity contribution in [2.24, 2.45) is 0 Å². The van der Waals surface area contributed by atoms with Crippen molar-refractivity contribution < 1.29 is 4.39 Å². The Morgan fingerprint density at radius 3 is 2.85 bits per heavy atom. The lowest BCUT2D eigenvalue weighted by atomic mass is 10.1. The molecule has 0 spiro atoms. The summed E-state index contributed by atoms with van der Waals surface area (Å²) >= 11 is 1.55. The minimum absolute atomic E-state index is 0.147. The second-order valence-corrected chi connectivity index (χ2v) is 5.70. The molecule has 20 heavy (non-hydrogen) atoms. The van der Waals surface area contributed by atoms with Crippen molar-refractivity contribution in [3.8, 4) is 0 Å². The summed E-state index contributed by atoms with van der Waals surface area (Å²) in [6.07, 6.45) is 4.87. The molecule has 0 saturated carbocycles. The van der Waals surface area contributed by atoms with Crippen LogP contribution in [0, 0.1) is 5.82 Å². The standard InChI is InChI=1S/C15H20FN3S/c1-3-19-10-12(9-18-19)8-13(17-2)11-20-15-7-5-4-6-14(15)16/h4-7,9-10,13,17H,3,8,11H2,1-2H3. The van der Waals surface area contributed by atoms with Crippen LogP contribution in [0.3, 0.4) is 0 Å². The lowest BCUT2D eigenvalue weighted by Crippen LogP contribution is -2.29. The van der Waals surface area contributed by atoms with Crippen LogP contribution in [0.1, 0.15) is 12.5 Å². The first kappa shape index (κ1) is 15.1. The first-order valence-corrected chi connectivity index (χ1v) is 7.77. The molecule has 0 radical (unpaired) electrons. The molecule has 1 aromatic carbocycles. The number of hydrogen-bond acceptors (Lipinski definition) is 3. The van der Waals surface area contributed by atoms with Crippen LogP contribution in [0.15, 0.2) is 41.6 Å². The fraction of sp³-hybridized carbons (Fsp3) is 0.400. The molecule has 0 saturated heterocycles. The largest absolute Gasteiger partial charge is 0.316 e. The second kappa shape index (κ2) is 7.45. The smallest absolute Gasteiger partial charge is 0.136 e. The number of likely N-dealkylation sites (N-methyl/N-ethyl adjacent to an activating group) is 1. The molecule has 0 bridgehead atoms. The molecular formula is C15H20FN3S. The molecular weight excluding hydrogens is 273 g/mol. The highest BCUT2D eigenvalue weighted by molar-refractivity contribution is 7.99. The zero-order chi connectivity index (χ0) is 14.4. The van der Waals surface area contributed by atoms with E-state index in [2.05, 4.69) is 23.5 Å². The van der Waals surface area contributed by atoms with E-state index < -0.39 is 0 Å². The van der Waals surface area contributed by atoms with Gasteiger partial charge >= 0.3 is 0 Å². The van der Waals surface area contributed by atoms with Crippen molar-refractivity contribution in [1.29, 1.82) is 0 Å². The first-order chi connectivity index (χ1) is 9.72. The van der Waals surface area contributed by atoms with Crippen LogP contribution in [0.25, 0.3) is 0 Å². The van der Waals surface area contributed by atoms with Gasteiger partial charge in [-0.3, -0.25) is 4.68 Å². The fourth-order valence-corrected chi connectivity index (χ4v) is 3.01. The highest BCUT2D eigenvalue weighted by Crippen LogP contribution is 2.22. The summed E-state index contributed by atoms with van der Waals surface area (Å²) in [5, 5.41) is 7.56. The van der Waals surface area contributed by atoms with Crippen molar-refractivity contribution in [1.82, 2.24) is 15.1 Å². The summed E-state index contributed by atoms with van der Waals surface area (Å²) in [5.74, 6) is 0.681. The number of benzene rings is 1. The molecule has 1 N–H and O–H groups in total. The number of aryl methyl sites for hydroxylation is 1. The lowest BCUT2D eigenvalue weighted by Gasteiger charge is -2.15. The average Bonchev–Trinajstić information content (AvgIpc) is 2.92. The molecule has 5 heteroatoms. The Labute approximate surface area is 123 Å². The number of nitrogens with one attached hydrogen (secondary N) is 1. The normalized spacial score (nSPS) is 12.6. The summed E-state index contributed by atoms with van der Waals surface area (Å²) in [6, 6.07) is 7.21. The van der Waals surface area contributed by atoms with E-state index in [1.165, 1.54) is 11.6 Å². The molecule has 108 valence electrons. The van der Waals surface area contributed by atoms with Crippen LogP contribution in [0.4, 0.5) is 4.39 Å². The summed E-state index contributed by atoms with van der Waals surface area (Å²) < 4.78 is 15.5. The number of nitrogens with zero attached hydrogens (tertiary/aromatic N) is 2. The Balaban J connectivity index is 1.91. The van der Waals surface area contributed by atoms with Crippen LogP contribution >= 0.6 is 11.8 Å². The minimum atomic E-state index is -0.147. The maximum atomic E-state index is 13.6. The molecule has 1 heterocycles. The van der Waals surface area contributed by atoms with Gasteiger partial charge < -0.3 is 5.32 Å². The van der Waals surface area contributed by atoms with Gasteiger partial charge in [0.1, 0.15) is 5.82 Å². The van der Waals surface area contributed by atoms with E-state index in [0.717, 1.165) is 18.7 Å². The molecule has 0 aliphatic rings. The van der Waals surface area contributed by atoms with Crippen LogP contribution in [0.5, 0.6) is 0 Å². The molecule has 0 aliphatic carbocycles. The zero-order valence-electron chi connectivity index (χ0n) is 11.8. The molecule has 0 amide bonds. The van der Waals surface area contributed by atoms with Gasteiger partial charge in [-0.2, -0.15) is 5.10 Å². The van der Waals surface area contributed by atoms with Crippen LogP contribution in [-0.4, -0.2) is 28.6 Å². The van der Waals surface area contributed by atoms with E-state index in [-0.39, 0.29) is 5.82 Å². The third-order valence-corrected chi connectivity index (χ3v) is 4.39. The quantitative estimate of drug-likeness (QED) is 0.796. The Morgan fingerprint density at radius 1 is 1.40 bits per heavy atom. The van der Waals surface area contributed by atoms with E-state index in [1.54, 1.807) is 17.8 Å². The number of aromatic nitrogens is 2. The number of thioether (sulfide) groups is 1. The summed E-state index contributed by atoms with van der Waals surface area (Å²) in [5.41, 5.74) is 1.21. The van der Waals surface area contributed by atoms with Gasteiger partial charge in [0.2, 0.25) is 0 Å². The summed E-state index contributed by atoms with van der Waals surface area (Å²) in [6.45, 7) is 2.95. The van der Waals surface area contributed by atoms with Gasteiger partial charge in [0.25, 0.3) is 0 Å². The minimum Gasteiger partial charge on any atom is -0.316 e. The SMILES string of the molecule is CCn1cc(CC(CSc2ccccc2F)NC)cn1. The van der Waals surface area contributed by atoms with Gasteiger partial charge in [-0.05, 0) is 38.1 Å². The molecule has 2 rings (SSSR count). The topological polar surface area (TPSA) is 29.9 Å². The molecule has 1 unspecified atom stereocenters. The third-order valence-electron chi connectivity index (χ3n) is 3.18. The van der Waals surface area contributed by atoms with Gasteiger partial charge in [0, 0.05) is 29.4 Å². The predicted octanol–water partition coefficient (Wildman–Crippen LogP) is 2.96. The van der Waals surface area contributed by atoms with Gasteiger partial charge in [-0.25, -0.2) is 4.39 Å². The van der Waals surface area contributed by atoms with Gasteiger partial charge in [-0.1, -0.05) is 12.1 Å². The van der Waals surface area contributed by atoms with Gasteiger partial charge in [-0.15, -0.1) is 11.8 Å². The Hall–Kier alpha value is -1.33. The van der Waals surface area contributed by atoms with E-state index >= 15 is 0 Å². The number of halogens is 1. The maximum absolute atomic E-state index is 13.6. The summed E-state index contributed by atoms with van der Waals surface area (Å²) in [4.78, 5) is 0.706. The van der Waals surface area contributed by atoms with E-state index in [1.807, 2.05) is 30.1 Å². The Kier molecular flexibility index (Phi) is 5.61. The van der Waals surface area contributed by atoms with Gasteiger partial charge in [0.15, 0.2) is 0 Å². The number of hydrogen-bond donors (Lipinski definition) is 1. The average molecular weight is 293 g/mol. The molecule has 2 aromatic rings. The van der Waals surface area contributed by atoms with E-state index in [4.69, 9.17) is 0 Å². The third kappa shape index (κ3) is 4.08. The molecule has 0 fully saturated rings. The van der Waals surface area contributed by atoms with E-state index in [0.29, 0.717) is 10.9 Å². The molecule has 3 nitrogen and oxygen atoms in total. The van der Waals surface area contributed by atoms with Crippen molar-refractivity contribution in [2.45, 2.75) is 30.8 Å². The lowest BCUT2D eigenvalue weighted by molar-refractivity contribution is 0.598. The van der Waals surface area contributed by atoms with Crippen LogP contribution in [-0.2, 0) is 13.0 Å². The van der Waals surface area contributed by atoms with Crippen LogP contribution < -0.4 is 5.32 Å². The Bertz CT molecular complexity index is 541. The van der Waals surface area contributed by atoms with Gasteiger partial charge in [0.05, 0.1) is 6.20 Å². The van der Waals surface area contributed by atoms with Crippen LogP contribution in [0.2, 0.25) is 0 Å². The van der Waals surface area contributed by atoms with Crippen molar-refractivity contribution in [3.05, 3.63) is 48.0 Å². The fourth-order valence-electron chi connectivity index (χ4n) is 1.97. The second-order valence-electron chi connectivity index (χ2n) is 4.64. The van der Waals surface area contributed by atoms with Crippen molar-refractivity contribution in [3.63, 3.8) is 0 Å². The predicted molar refractivity (Wildman–Crippen MR) is 81.6 cm³/mol. The number of rotatable bonds is 7. The van der Waals surface area contributed by atoms with Crippen molar-refractivity contribution >= 4 is 11.8 Å². The Morgan fingerprint density at radius 2 is 2.20 bits per heavy atom. The first-order valence-electron chi connectivity index (χ1n) is 6.78. The molecule has 1 aromatic heterocycles. The monoisotopic (exact) mass is 293 g/mol. The van der Waals surface area contributed by atoms with Crippen molar-refractivity contribution in [2.75, 3.05) is 12.8 Å². The maximum Gasteiger partial charge on any atom is 0.136 e. The van der Waals surface area contributed by atoms with E-state index in [9.17, 15) is 4.39 Å². The highest BCUT2D eigenvalue weighted by atomic mass is 32.2. The zero-order valence-corrected chi connectivity index (χ0v) is 12.7. The summed E-state index contributed by atoms with van der Waals surface area (Å²) in [7, 11) is 1.94. The molecule has 1 atom stereocenters. The molecule has 0 aliphatic heterocycles.